The van der Waals surface area contributed by atoms with Crippen LogP contribution < -0.4 is 5.32 Å². The Morgan fingerprint density at radius 1 is 1.25 bits per heavy atom. The highest BCUT2D eigenvalue weighted by Crippen LogP contribution is 2.10. The van der Waals surface area contributed by atoms with E-state index >= 15 is 0 Å². The molecule has 124 valence electrons. The fourth-order valence-electron chi connectivity index (χ4n) is 2.38. The molecule has 0 amide bonds. The minimum Gasteiger partial charge on any atom is -0.352 e. The van der Waals surface area contributed by atoms with Crippen molar-refractivity contribution < 1.29 is 4.39 Å². The van der Waals surface area contributed by atoms with Crippen molar-refractivity contribution in [1.82, 2.24) is 10.2 Å². The lowest BCUT2D eigenvalue weighted by Crippen LogP contribution is -2.38. The van der Waals surface area contributed by atoms with Crippen molar-refractivity contribution in [3.63, 3.8) is 0 Å². The minimum absolute atomic E-state index is 0.270. The third-order valence-electron chi connectivity index (χ3n) is 3.73. The number of nitrogens with one attached hydrogen (secondary N) is 1. The van der Waals surface area contributed by atoms with Gasteiger partial charge in [-0.25, -0.2) is 4.39 Å². The maximum absolute atomic E-state index is 13.8. The highest BCUT2D eigenvalue weighted by atomic mass is 19.1. The molecule has 2 aromatic rings. The Morgan fingerprint density at radius 3 is 2.58 bits per heavy atom. The van der Waals surface area contributed by atoms with Gasteiger partial charge in [-0.05, 0) is 30.7 Å². The van der Waals surface area contributed by atoms with E-state index in [1.807, 2.05) is 18.0 Å². The van der Waals surface area contributed by atoms with E-state index in [1.54, 1.807) is 13.1 Å². The van der Waals surface area contributed by atoms with Crippen LogP contribution in [0.4, 0.5) is 4.39 Å². The maximum atomic E-state index is 13.8. The van der Waals surface area contributed by atoms with Crippen LogP contribution in [0.15, 0.2) is 47.5 Å². The van der Waals surface area contributed by atoms with Crippen molar-refractivity contribution in [2.24, 2.45) is 4.99 Å². The molecule has 24 heavy (non-hydrogen) atoms. The predicted molar refractivity (Wildman–Crippen MR) is 94.0 cm³/mol. The van der Waals surface area contributed by atoms with Crippen molar-refractivity contribution in [3.05, 3.63) is 70.5 Å². The maximum Gasteiger partial charge on any atom is 0.193 e. The van der Waals surface area contributed by atoms with Gasteiger partial charge in [0.05, 0.1) is 11.6 Å². The quantitative estimate of drug-likeness (QED) is 0.694. The number of aliphatic imine (C=N–C) groups is 1. The van der Waals surface area contributed by atoms with Gasteiger partial charge in [0.15, 0.2) is 5.96 Å². The summed E-state index contributed by atoms with van der Waals surface area (Å²) in [6.45, 7) is 3.02. The molecule has 0 saturated carbocycles. The smallest absolute Gasteiger partial charge is 0.193 e. The predicted octanol–water partition coefficient (Wildman–Crippen LogP) is 3.21. The molecule has 0 unspecified atom stereocenters. The van der Waals surface area contributed by atoms with Crippen LogP contribution in [-0.4, -0.2) is 25.0 Å². The van der Waals surface area contributed by atoms with E-state index in [0.29, 0.717) is 23.6 Å². The van der Waals surface area contributed by atoms with E-state index in [2.05, 4.69) is 41.5 Å². The molecule has 0 bridgehead atoms. The molecule has 0 fully saturated rings. The van der Waals surface area contributed by atoms with Crippen molar-refractivity contribution in [1.29, 1.82) is 5.26 Å². The summed E-state index contributed by atoms with van der Waals surface area (Å²) in [5.74, 6) is 0.329. The molecule has 4 nitrogen and oxygen atoms in total. The van der Waals surface area contributed by atoms with E-state index in [1.165, 1.54) is 23.3 Å². The van der Waals surface area contributed by atoms with Crippen molar-refractivity contribution in [3.8, 4) is 6.07 Å². The van der Waals surface area contributed by atoms with E-state index in [4.69, 9.17) is 5.26 Å². The summed E-state index contributed by atoms with van der Waals surface area (Å²) < 4.78 is 13.8. The summed E-state index contributed by atoms with van der Waals surface area (Å²) in [5.41, 5.74) is 3.27. The average molecular weight is 324 g/mol. The second-order valence-electron chi connectivity index (χ2n) is 5.66. The van der Waals surface area contributed by atoms with Gasteiger partial charge < -0.3 is 10.2 Å². The minimum atomic E-state index is -0.335. The Bertz CT molecular complexity index is 760. The first-order valence-corrected chi connectivity index (χ1v) is 7.69. The normalized spacial score (nSPS) is 11.0. The molecule has 1 N–H and O–H groups in total. The summed E-state index contributed by atoms with van der Waals surface area (Å²) in [6, 6.07) is 14.7. The van der Waals surface area contributed by atoms with Gasteiger partial charge >= 0.3 is 0 Å². The molecule has 0 heterocycles. The Hall–Kier alpha value is -2.87. The van der Waals surface area contributed by atoms with E-state index in [0.717, 1.165) is 0 Å². The zero-order valence-corrected chi connectivity index (χ0v) is 14.2. The molecule has 0 spiro atoms. The molecule has 0 saturated heterocycles. The first-order valence-electron chi connectivity index (χ1n) is 7.69. The van der Waals surface area contributed by atoms with Crippen LogP contribution in [0, 0.1) is 24.1 Å². The SMILES string of the molecule is CN=C(NCc1cc(C#N)ccc1F)N(C)Cc1ccc(C)cc1. The lowest BCUT2D eigenvalue weighted by Gasteiger charge is -2.22. The highest BCUT2D eigenvalue weighted by molar-refractivity contribution is 5.79. The topological polar surface area (TPSA) is 51.4 Å². The lowest BCUT2D eigenvalue weighted by atomic mass is 10.1. The summed E-state index contributed by atoms with van der Waals surface area (Å²) in [7, 11) is 3.62. The van der Waals surface area contributed by atoms with Gasteiger partial charge in [-0.15, -0.1) is 0 Å². The number of hydrogen-bond acceptors (Lipinski definition) is 2. The summed E-state index contributed by atoms with van der Waals surface area (Å²) in [4.78, 5) is 6.20. The molecule has 5 heteroatoms. The van der Waals surface area contributed by atoms with Crippen molar-refractivity contribution in [2.45, 2.75) is 20.0 Å². The van der Waals surface area contributed by atoms with Crippen LogP contribution in [-0.2, 0) is 13.1 Å². The van der Waals surface area contributed by atoms with Gasteiger partial charge in [-0.1, -0.05) is 29.8 Å². The van der Waals surface area contributed by atoms with Crippen molar-refractivity contribution in [2.75, 3.05) is 14.1 Å². The number of nitrogens with zero attached hydrogens (tertiary/aromatic N) is 3. The molecule has 0 aliphatic heterocycles. The Labute approximate surface area is 142 Å². The zero-order chi connectivity index (χ0) is 17.5. The third-order valence-corrected chi connectivity index (χ3v) is 3.73. The molecule has 0 aliphatic carbocycles. The van der Waals surface area contributed by atoms with Crippen LogP contribution in [0.2, 0.25) is 0 Å². The standard InChI is InChI=1S/C19H21FN4/c1-14-4-6-15(7-5-14)13-24(3)19(22-2)23-12-17-10-16(11-21)8-9-18(17)20/h4-10H,12-13H2,1-3H3,(H,22,23). The fourth-order valence-corrected chi connectivity index (χ4v) is 2.38. The van der Waals surface area contributed by atoms with E-state index in [-0.39, 0.29) is 12.4 Å². The number of nitriles is 1. The second-order valence-corrected chi connectivity index (χ2v) is 5.66. The van der Waals surface area contributed by atoms with E-state index in [9.17, 15) is 4.39 Å². The number of aryl methyl sites for hydroxylation is 1. The first-order chi connectivity index (χ1) is 11.5. The van der Waals surface area contributed by atoms with Gasteiger partial charge in [-0.3, -0.25) is 4.99 Å². The lowest BCUT2D eigenvalue weighted by molar-refractivity contribution is 0.475. The average Bonchev–Trinajstić information content (AvgIpc) is 2.59. The van der Waals surface area contributed by atoms with Gasteiger partial charge in [0.1, 0.15) is 5.82 Å². The molecule has 2 rings (SSSR count). The Morgan fingerprint density at radius 2 is 1.96 bits per heavy atom. The molecule has 0 aliphatic rings. The van der Waals surface area contributed by atoms with Crippen LogP contribution >= 0.6 is 0 Å². The van der Waals surface area contributed by atoms with Gasteiger partial charge in [0, 0.05) is 32.7 Å². The first kappa shape index (κ1) is 17.5. The zero-order valence-electron chi connectivity index (χ0n) is 14.2. The highest BCUT2D eigenvalue weighted by Gasteiger charge is 2.09. The number of benzene rings is 2. The van der Waals surface area contributed by atoms with E-state index < -0.39 is 0 Å². The monoisotopic (exact) mass is 324 g/mol. The largest absolute Gasteiger partial charge is 0.352 e. The Balaban J connectivity index is 2.02. The number of guanidine groups is 1. The fraction of sp³-hybridized carbons (Fsp3) is 0.263. The second kappa shape index (κ2) is 8.11. The number of halogens is 1. The van der Waals surface area contributed by atoms with Gasteiger partial charge in [-0.2, -0.15) is 5.26 Å². The number of hydrogen-bond donors (Lipinski definition) is 1. The van der Waals surface area contributed by atoms with Crippen LogP contribution in [0.1, 0.15) is 22.3 Å². The van der Waals surface area contributed by atoms with Crippen molar-refractivity contribution >= 4 is 5.96 Å². The summed E-state index contributed by atoms with van der Waals surface area (Å²) in [6.07, 6.45) is 0. The summed E-state index contributed by atoms with van der Waals surface area (Å²) in [5, 5.41) is 12.1. The summed E-state index contributed by atoms with van der Waals surface area (Å²) >= 11 is 0. The van der Waals surface area contributed by atoms with Gasteiger partial charge in [0.25, 0.3) is 0 Å². The molecule has 0 atom stereocenters. The Kier molecular flexibility index (Phi) is 5.91. The number of rotatable bonds is 4. The van der Waals surface area contributed by atoms with Crippen LogP contribution in [0.3, 0.4) is 0 Å². The molecule has 0 aromatic heterocycles. The third kappa shape index (κ3) is 4.56. The van der Waals surface area contributed by atoms with Crippen LogP contribution in [0.25, 0.3) is 0 Å². The van der Waals surface area contributed by atoms with Gasteiger partial charge in [0.2, 0.25) is 0 Å². The molecule has 0 radical (unpaired) electrons. The molecular formula is C19H21FN4. The van der Waals surface area contributed by atoms with Crippen LogP contribution in [0.5, 0.6) is 0 Å². The molecule has 2 aromatic carbocycles. The molecular weight excluding hydrogens is 303 g/mol.